The molecule has 0 unspecified atom stereocenters. The summed E-state index contributed by atoms with van der Waals surface area (Å²) < 4.78 is 4.82. The summed E-state index contributed by atoms with van der Waals surface area (Å²) in [5, 5.41) is 8.35. The number of benzene rings is 1. The molecule has 0 fully saturated rings. The van der Waals surface area contributed by atoms with Gasteiger partial charge in [-0.2, -0.15) is 5.26 Å². The standard InChI is InChI=1S/C11H9NO2/c1-9(7-12)11(13)14-8-10-5-3-2-4-6-10/h2-6H,1,8H2. The highest BCUT2D eigenvalue weighted by Gasteiger charge is 2.06. The number of esters is 1. The number of nitriles is 1. The van der Waals surface area contributed by atoms with Gasteiger partial charge in [-0.3, -0.25) is 0 Å². The molecule has 14 heavy (non-hydrogen) atoms. The smallest absolute Gasteiger partial charge is 0.348 e. The van der Waals surface area contributed by atoms with Gasteiger partial charge in [-0.15, -0.1) is 0 Å². The summed E-state index contributed by atoms with van der Waals surface area (Å²) in [4.78, 5) is 11.0. The van der Waals surface area contributed by atoms with Gasteiger partial charge in [-0.25, -0.2) is 4.79 Å². The van der Waals surface area contributed by atoms with Crippen LogP contribution < -0.4 is 0 Å². The zero-order chi connectivity index (χ0) is 10.4. The van der Waals surface area contributed by atoms with Gasteiger partial charge in [0.25, 0.3) is 0 Å². The van der Waals surface area contributed by atoms with Crippen molar-refractivity contribution >= 4 is 5.97 Å². The minimum atomic E-state index is -0.670. The molecule has 0 saturated heterocycles. The van der Waals surface area contributed by atoms with Gasteiger partial charge in [-0.1, -0.05) is 36.9 Å². The second-order valence-electron chi connectivity index (χ2n) is 2.65. The molecule has 0 radical (unpaired) electrons. The normalized spacial score (nSPS) is 8.79. The summed E-state index contributed by atoms with van der Waals surface area (Å²) in [7, 11) is 0. The van der Waals surface area contributed by atoms with Crippen LogP contribution in [0.2, 0.25) is 0 Å². The minimum Gasteiger partial charge on any atom is -0.457 e. The third-order valence-electron chi connectivity index (χ3n) is 1.59. The summed E-state index contributed by atoms with van der Waals surface area (Å²) in [5.74, 6) is -0.670. The lowest BCUT2D eigenvalue weighted by atomic mass is 10.2. The average molecular weight is 187 g/mol. The predicted octanol–water partition coefficient (Wildman–Crippen LogP) is 1.81. The number of ether oxygens (including phenoxy) is 1. The quantitative estimate of drug-likeness (QED) is 0.412. The van der Waals surface area contributed by atoms with Crippen molar-refractivity contribution in [1.29, 1.82) is 5.26 Å². The molecule has 0 spiro atoms. The van der Waals surface area contributed by atoms with Crippen molar-refractivity contribution in [2.45, 2.75) is 6.61 Å². The molecule has 1 aromatic carbocycles. The van der Waals surface area contributed by atoms with E-state index in [1.54, 1.807) is 6.07 Å². The molecular formula is C11H9NO2. The molecule has 0 N–H and O–H groups in total. The highest BCUT2D eigenvalue weighted by atomic mass is 16.5. The lowest BCUT2D eigenvalue weighted by Crippen LogP contribution is -2.05. The first-order valence-corrected chi connectivity index (χ1v) is 4.04. The van der Waals surface area contributed by atoms with Crippen LogP contribution in [-0.4, -0.2) is 5.97 Å². The van der Waals surface area contributed by atoms with Crippen molar-refractivity contribution in [1.82, 2.24) is 0 Å². The van der Waals surface area contributed by atoms with E-state index in [2.05, 4.69) is 6.58 Å². The Bertz CT molecular complexity index is 376. The summed E-state index contributed by atoms with van der Waals surface area (Å²) in [6.45, 7) is 3.42. The number of hydrogen-bond acceptors (Lipinski definition) is 3. The molecule has 3 nitrogen and oxygen atoms in total. The molecular weight excluding hydrogens is 178 g/mol. The Kier molecular flexibility index (Phi) is 3.45. The summed E-state index contributed by atoms with van der Waals surface area (Å²) in [6, 6.07) is 10.9. The van der Waals surface area contributed by atoms with Crippen LogP contribution in [-0.2, 0) is 16.1 Å². The maximum absolute atomic E-state index is 11.0. The van der Waals surface area contributed by atoms with Gasteiger partial charge in [-0.05, 0) is 5.56 Å². The Morgan fingerprint density at radius 2 is 2.07 bits per heavy atom. The fourth-order valence-electron chi connectivity index (χ4n) is 0.856. The maximum Gasteiger partial charge on any atom is 0.348 e. The molecule has 0 bridgehead atoms. The summed E-state index contributed by atoms with van der Waals surface area (Å²) in [5.41, 5.74) is 0.701. The second-order valence-corrected chi connectivity index (χ2v) is 2.65. The van der Waals surface area contributed by atoms with Crippen molar-refractivity contribution in [2.75, 3.05) is 0 Å². The van der Waals surface area contributed by atoms with E-state index < -0.39 is 5.97 Å². The lowest BCUT2D eigenvalue weighted by Gasteiger charge is -2.02. The first kappa shape index (κ1) is 10.0. The van der Waals surface area contributed by atoms with Gasteiger partial charge >= 0.3 is 5.97 Å². The average Bonchev–Trinajstić information content (AvgIpc) is 2.26. The predicted molar refractivity (Wildman–Crippen MR) is 51.0 cm³/mol. The number of nitrogens with zero attached hydrogens (tertiary/aromatic N) is 1. The van der Waals surface area contributed by atoms with Crippen LogP contribution in [0.15, 0.2) is 42.5 Å². The van der Waals surface area contributed by atoms with E-state index in [4.69, 9.17) is 10.00 Å². The molecule has 0 aliphatic rings. The lowest BCUT2D eigenvalue weighted by molar-refractivity contribution is -0.139. The molecule has 0 saturated carbocycles. The van der Waals surface area contributed by atoms with Gasteiger partial charge < -0.3 is 4.74 Å². The molecule has 70 valence electrons. The van der Waals surface area contributed by atoms with Gasteiger partial charge in [0.05, 0.1) is 0 Å². The molecule has 0 aliphatic heterocycles. The Hall–Kier alpha value is -2.08. The second kappa shape index (κ2) is 4.83. The topological polar surface area (TPSA) is 50.1 Å². The van der Waals surface area contributed by atoms with Gasteiger partial charge in [0.1, 0.15) is 18.2 Å². The molecule has 1 aromatic rings. The monoisotopic (exact) mass is 187 g/mol. The Labute approximate surface area is 82.2 Å². The van der Waals surface area contributed by atoms with Crippen LogP contribution in [0.3, 0.4) is 0 Å². The molecule has 3 heteroatoms. The fraction of sp³-hybridized carbons (Fsp3) is 0.0909. The van der Waals surface area contributed by atoms with Crippen molar-refractivity contribution in [2.24, 2.45) is 0 Å². The van der Waals surface area contributed by atoms with Gasteiger partial charge in [0.15, 0.2) is 0 Å². The van der Waals surface area contributed by atoms with Crippen LogP contribution in [0.4, 0.5) is 0 Å². The van der Waals surface area contributed by atoms with E-state index in [0.717, 1.165) is 5.56 Å². The molecule has 0 amide bonds. The fourth-order valence-corrected chi connectivity index (χ4v) is 0.856. The zero-order valence-corrected chi connectivity index (χ0v) is 7.56. The third-order valence-corrected chi connectivity index (χ3v) is 1.59. The van der Waals surface area contributed by atoms with Crippen LogP contribution in [0.5, 0.6) is 0 Å². The van der Waals surface area contributed by atoms with Gasteiger partial charge in [0.2, 0.25) is 0 Å². The highest BCUT2D eigenvalue weighted by molar-refractivity contribution is 5.91. The molecule has 0 heterocycles. The first-order valence-electron chi connectivity index (χ1n) is 4.04. The summed E-state index contributed by atoms with van der Waals surface area (Å²) in [6.07, 6.45) is 0. The Balaban J connectivity index is 2.47. The van der Waals surface area contributed by atoms with E-state index >= 15 is 0 Å². The SMILES string of the molecule is C=C(C#N)C(=O)OCc1ccccc1. The number of carbonyl (C=O) groups is 1. The van der Waals surface area contributed by atoms with Gasteiger partial charge in [0, 0.05) is 0 Å². The Morgan fingerprint density at radius 1 is 1.43 bits per heavy atom. The zero-order valence-electron chi connectivity index (χ0n) is 7.56. The highest BCUT2D eigenvalue weighted by Crippen LogP contribution is 2.02. The molecule has 1 rings (SSSR count). The van der Waals surface area contributed by atoms with Crippen molar-refractivity contribution in [3.8, 4) is 6.07 Å². The molecule has 0 atom stereocenters. The van der Waals surface area contributed by atoms with Crippen LogP contribution in [0, 0.1) is 11.3 Å². The van der Waals surface area contributed by atoms with Crippen LogP contribution in [0.25, 0.3) is 0 Å². The molecule has 0 aromatic heterocycles. The number of rotatable bonds is 3. The molecule has 0 aliphatic carbocycles. The van der Waals surface area contributed by atoms with E-state index in [0.29, 0.717) is 0 Å². The van der Waals surface area contributed by atoms with E-state index in [9.17, 15) is 4.79 Å². The van der Waals surface area contributed by atoms with Crippen LogP contribution >= 0.6 is 0 Å². The number of carbonyl (C=O) groups excluding carboxylic acids is 1. The minimum absolute atomic E-state index is 0.167. The first-order chi connectivity index (χ1) is 6.74. The van der Waals surface area contributed by atoms with E-state index in [-0.39, 0.29) is 12.2 Å². The van der Waals surface area contributed by atoms with Crippen molar-refractivity contribution in [3.05, 3.63) is 48.0 Å². The maximum atomic E-state index is 11.0. The van der Waals surface area contributed by atoms with Crippen molar-refractivity contribution < 1.29 is 9.53 Å². The van der Waals surface area contributed by atoms with E-state index in [1.807, 2.05) is 30.3 Å². The summed E-state index contributed by atoms with van der Waals surface area (Å²) >= 11 is 0. The van der Waals surface area contributed by atoms with E-state index in [1.165, 1.54) is 0 Å². The van der Waals surface area contributed by atoms with Crippen molar-refractivity contribution in [3.63, 3.8) is 0 Å². The Morgan fingerprint density at radius 3 is 2.64 bits per heavy atom. The van der Waals surface area contributed by atoms with Crippen LogP contribution in [0.1, 0.15) is 5.56 Å². The number of hydrogen-bond donors (Lipinski definition) is 0. The third kappa shape index (κ3) is 2.76. The largest absolute Gasteiger partial charge is 0.457 e.